The van der Waals surface area contributed by atoms with Gasteiger partial charge in [0, 0.05) is 17.6 Å². The minimum atomic E-state index is -0.432. The fourth-order valence-corrected chi connectivity index (χ4v) is 7.98. The molecule has 0 N–H and O–H groups in total. The van der Waals surface area contributed by atoms with E-state index < -0.39 is 5.41 Å². The molecule has 4 bridgehead atoms. The molecule has 0 radical (unpaired) electrons. The summed E-state index contributed by atoms with van der Waals surface area (Å²) >= 11 is 0. The van der Waals surface area contributed by atoms with Gasteiger partial charge in [0.2, 0.25) is 5.91 Å². The number of aromatic nitrogens is 1. The summed E-state index contributed by atoms with van der Waals surface area (Å²) in [6, 6.07) is 10.6. The summed E-state index contributed by atoms with van der Waals surface area (Å²) in [7, 11) is 1.52. The first-order chi connectivity index (χ1) is 14.9. The number of nitrogens with zero attached hydrogens (tertiary/aromatic N) is 2. The number of carbonyl (C=O) groups excluding carboxylic acids is 2. The Labute approximate surface area is 183 Å². The molecule has 7 rings (SSSR count). The third-order valence-electron chi connectivity index (χ3n) is 8.88. The van der Waals surface area contributed by atoms with Gasteiger partial charge in [0.15, 0.2) is 0 Å². The van der Waals surface area contributed by atoms with Gasteiger partial charge in [-0.1, -0.05) is 18.2 Å². The summed E-state index contributed by atoms with van der Waals surface area (Å²) in [5.74, 6) is 1.60. The molecule has 1 aliphatic heterocycles. The van der Waals surface area contributed by atoms with Crippen molar-refractivity contribution in [3.8, 4) is 0 Å². The van der Waals surface area contributed by atoms with Crippen molar-refractivity contribution in [1.29, 1.82) is 0 Å². The van der Waals surface area contributed by atoms with Gasteiger partial charge in [0.25, 0.3) is 0 Å². The minimum absolute atomic E-state index is 0.0303. The highest BCUT2D eigenvalue weighted by atomic mass is 16.5. The number of carbonyl (C=O) groups is 2. The van der Waals surface area contributed by atoms with Crippen molar-refractivity contribution in [1.82, 2.24) is 9.88 Å². The molecule has 2 aromatic rings. The van der Waals surface area contributed by atoms with E-state index in [9.17, 15) is 9.59 Å². The van der Waals surface area contributed by atoms with Gasteiger partial charge in [-0.15, -0.1) is 0 Å². The molecule has 1 aromatic carbocycles. The lowest BCUT2D eigenvalue weighted by molar-refractivity contribution is -0.203. The Morgan fingerprint density at radius 1 is 1.10 bits per heavy atom. The van der Waals surface area contributed by atoms with Crippen LogP contribution in [0.3, 0.4) is 0 Å². The predicted molar refractivity (Wildman–Crippen MR) is 117 cm³/mol. The van der Waals surface area contributed by atoms with Crippen LogP contribution in [-0.2, 0) is 14.3 Å². The largest absolute Gasteiger partial charge is 0.469 e. The van der Waals surface area contributed by atoms with Gasteiger partial charge in [0.1, 0.15) is 0 Å². The number of rotatable bonds is 3. The van der Waals surface area contributed by atoms with Gasteiger partial charge < -0.3 is 9.64 Å². The zero-order chi connectivity index (χ0) is 21.5. The van der Waals surface area contributed by atoms with Crippen LogP contribution in [0.25, 0.3) is 10.9 Å². The van der Waals surface area contributed by atoms with Crippen LogP contribution in [0, 0.1) is 28.6 Å². The Balaban J connectivity index is 1.41. The van der Waals surface area contributed by atoms with Crippen molar-refractivity contribution in [3.63, 3.8) is 0 Å². The molecule has 1 saturated heterocycles. The topological polar surface area (TPSA) is 59.5 Å². The fourth-order valence-electron chi connectivity index (χ4n) is 7.98. The lowest BCUT2D eigenvalue weighted by Crippen LogP contribution is -2.70. The number of β-lactam (4-membered cyclic amide) rings is 1. The Morgan fingerprint density at radius 2 is 1.84 bits per heavy atom. The Kier molecular flexibility index (Phi) is 3.92. The average molecular weight is 419 g/mol. The molecule has 4 saturated carbocycles. The number of ether oxygens (including phenoxy) is 1. The molecular weight excluding hydrogens is 388 g/mol. The van der Waals surface area contributed by atoms with Crippen LogP contribution in [0.5, 0.6) is 0 Å². The van der Waals surface area contributed by atoms with E-state index in [1.807, 2.05) is 18.3 Å². The normalized spacial score (nSPS) is 37.7. The monoisotopic (exact) mass is 418 g/mol. The first-order valence-corrected chi connectivity index (χ1v) is 11.6. The predicted octanol–water partition coefficient (Wildman–Crippen LogP) is 4.51. The van der Waals surface area contributed by atoms with E-state index in [0.29, 0.717) is 17.8 Å². The SMILES string of the molecule is COC(=O)C12CC3CC(C1)C(N1C(=O)C(C)(C)C1c1cccc4ncccc14)[C@@H](C3)C2. The third kappa shape index (κ3) is 2.46. The molecule has 1 amide bonds. The molecule has 5 heteroatoms. The van der Waals surface area contributed by atoms with E-state index in [1.165, 1.54) is 12.7 Å². The second kappa shape index (κ2) is 6.30. The second-order valence-electron chi connectivity index (χ2n) is 11.0. The molecular formula is C26H30N2O3. The molecule has 0 spiro atoms. The van der Waals surface area contributed by atoms with Crippen molar-refractivity contribution < 1.29 is 14.3 Å². The number of benzene rings is 1. The fraction of sp³-hybridized carbons (Fsp3) is 0.577. The maximum atomic E-state index is 13.5. The minimum Gasteiger partial charge on any atom is -0.469 e. The molecule has 1 aromatic heterocycles. The van der Waals surface area contributed by atoms with Crippen LogP contribution >= 0.6 is 0 Å². The van der Waals surface area contributed by atoms with Gasteiger partial charge >= 0.3 is 5.97 Å². The summed E-state index contributed by atoms with van der Waals surface area (Å²) in [5, 5.41) is 1.13. The van der Waals surface area contributed by atoms with Crippen molar-refractivity contribution in [2.24, 2.45) is 28.6 Å². The summed E-state index contributed by atoms with van der Waals surface area (Å²) in [6.45, 7) is 4.16. The van der Waals surface area contributed by atoms with Crippen LogP contribution in [-0.4, -0.2) is 34.9 Å². The van der Waals surface area contributed by atoms with Crippen LogP contribution in [0.2, 0.25) is 0 Å². The molecule has 5 fully saturated rings. The number of methoxy groups -OCH3 is 1. The zero-order valence-electron chi connectivity index (χ0n) is 18.5. The van der Waals surface area contributed by atoms with E-state index in [-0.39, 0.29) is 29.4 Å². The number of likely N-dealkylation sites (tertiary alicyclic amines) is 1. The highest BCUT2D eigenvalue weighted by Crippen LogP contribution is 2.65. The highest BCUT2D eigenvalue weighted by Gasteiger charge is 2.66. The zero-order valence-corrected chi connectivity index (χ0v) is 18.5. The summed E-state index contributed by atoms with van der Waals surface area (Å²) in [6.07, 6.45) is 6.79. The van der Waals surface area contributed by atoms with Crippen LogP contribution < -0.4 is 0 Å². The molecule has 5 aliphatic rings. The Hall–Kier alpha value is -2.43. The highest BCUT2D eigenvalue weighted by molar-refractivity contribution is 5.93. The third-order valence-corrected chi connectivity index (χ3v) is 8.88. The van der Waals surface area contributed by atoms with E-state index in [1.54, 1.807) is 0 Å². The summed E-state index contributed by atoms with van der Waals surface area (Å²) in [4.78, 5) is 33.0. The van der Waals surface area contributed by atoms with Crippen molar-refractivity contribution in [2.75, 3.05) is 7.11 Å². The van der Waals surface area contributed by atoms with Crippen molar-refractivity contribution >= 4 is 22.8 Å². The van der Waals surface area contributed by atoms with E-state index in [0.717, 1.165) is 43.0 Å². The van der Waals surface area contributed by atoms with E-state index in [2.05, 4.69) is 41.9 Å². The maximum Gasteiger partial charge on any atom is 0.311 e. The van der Waals surface area contributed by atoms with E-state index >= 15 is 0 Å². The number of esters is 1. The smallest absolute Gasteiger partial charge is 0.311 e. The van der Waals surface area contributed by atoms with Crippen LogP contribution in [0.4, 0.5) is 0 Å². The molecule has 31 heavy (non-hydrogen) atoms. The molecule has 6 atom stereocenters. The van der Waals surface area contributed by atoms with Gasteiger partial charge in [0.05, 0.1) is 29.5 Å². The average Bonchev–Trinajstić information content (AvgIpc) is 2.76. The van der Waals surface area contributed by atoms with Gasteiger partial charge in [-0.3, -0.25) is 14.6 Å². The van der Waals surface area contributed by atoms with Gasteiger partial charge in [-0.2, -0.15) is 0 Å². The number of hydrogen-bond donors (Lipinski definition) is 0. The number of fused-ring (bicyclic) bond motifs is 1. The number of pyridine rings is 1. The molecule has 5 unspecified atom stereocenters. The second-order valence-corrected chi connectivity index (χ2v) is 11.0. The van der Waals surface area contributed by atoms with Gasteiger partial charge in [-0.25, -0.2) is 0 Å². The van der Waals surface area contributed by atoms with E-state index in [4.69, 9.17) is 4.74 Å². The first kappa shape index (κ1) is 19.3. The van der Waals surface area contributed by atoms with Crippen molar-refractivity contribution in [3.05, 3.63) is 42.1 Å². The van der Waals surface area contributed by atoms with Crippen LogP contribution in [0.1, 0.15) is 57.6 Å². The lowest BCUT2D eigenvalue weighted by Gasteiger charge is -2.66. The quantitative estimate of drug-likeness (QED) is 0.543. The maximum absolute atomic E-state index is 13.5. The summed E-state index contributed by atoms with van der Waals surface area (Å²) < 4.78 is 5.24. The molecule has 4 aliphatic carbocycles. The number of hydrogen-bond acceptors (Lipinski definition) is 4. The molecule has 2 heterocycles. The lowest BCUT2D eigenvalue weighted by atomic mass is 9.47. The Morgan fingerprint density at radius 3 is 2.55 bits per heavy atom. The number of amides is 1. The first-order valence-electron chi connectivity index (χ1n) is 11.6. The van der Waals surface area contributed by atoms with Gasteiger partial charge in [-0.05, 0) is 81.4 Å². The molecule has 162 valence electrons. The standard InChI is InChI=1S/C26H30N2O3/c1-25(2)22(19-6-4-8-20-18(19)7-5-9-27-20)28(23(25)29)21-16-10-15-11-17(21)14-26(12-15,13-16)24(30)31-3/h4-9,15-17,21-22H,10-14H2,1-3H3/t15?,16-,17?,21?,22?,26?/m0/s1. The van der Waals surface area contributed by atoms with Crippen molar-refractivity contribution in [2.45, 2.75) is 58.0 Å². The Bertz CT molecular complexity index is 1070. The molecule has 5 nitrogen and oxygen atoms in total. The summed E-state index contributed by atoms with van der Waals surface area (Å²) in [5.41, 5.74) is 1.43. The van der Waals surface area contributed by atoms with Crippen LogP contribution in [0.15, 0.2) is 36.5 Å².